The Hall–Kier alpha value is -3.61. The van der Waals surface area contributed by atoms with Crippen molar-refractivity contribution in [2.45, 2.75) is 6.54 Å². The van der Waals surface area contributed by atoms with Crippen LogP contribution in [0.15, 0.2) is 71.5 Å². The molecule has 28 heavy (non-hydrogen) atoms. The molecule has 7 heteroatoms. The molecule has 0 aliphatic rings. The number of fused-ring (bicyclic) bond motifs is 1. The van der Waals surface area contributed by atoms with Gasteiger partial charge in [-0.1, -0.05) is 48.5 Å². The third-order valence-corrected chi connectivity index (χ3v) is 4.07. The van der Waals surface area contributed by atoms with Crippen LogP contribution in [0, 0.1) is 0 Å². The molecule has 0 amide bonds. The Kier molecular flexibility index (Phi) is 6.41. The van der Waals surface area contributed by atoms with Gasteiger partial charge in [0, 0.05) is 13.1 Å². The van der Waals surface area contributed by atoms with Crippen LogP contribution in [0.2, 0.25) is 0 Å². The average molecular weight is 379 g/mol. The molecule has 0 saturated heterocycles. The molecule has 0 aliphatic heterocycles. The van der Waals surface area contributed by atoms with Crippen molar-refractivity contribution in [1.82, 2.24) is 9.97 Å². The highest BCUT2D eigenvalue weighted by molar-refractivity contribution is 5.78. The summed E-state index contributed by atoms with van der Waals surface area (Å²) < 4.78 is 9.26. The van der Waals surface area contributed by atoms with Gasteiger partial charge < -0.3 is 14.4 Å². The lowest BCUT2D eigenvalue weighted by molar-refractivity contribution is 0.0818. The summed E-state index contributed by atoms with van der Waals surface area (Å²) >= 11 is 0. The molecule has 0 unspecified atom stereocenters. The number of hydrogen-bond donors (Lipinski definition) is 1. The Morgan fingerprint density at radius 2 is 1.86 bits per heavy atom. The minimum atomic E-state index is -0.730. The van der Waals surface area contributed by atoms with Gasteiger partial charge in [0.15, 0.2) is 0 Å². The van der Waals surface area contributed by atoms with E-state index in [0.717, 1.165) is 5.56 Å². The largest absolute Gasteiger partial charge is 0.508 e. The zero-order valence-electron chi connectivity index (χ0n) is 15.5. The second kappa shape index (κ2) is 9.36. The number of anilines is 1. The van der Waals surface area contributed by atoms with Crippen LogP contribution in [0.25, 0.3) is 10.9 Å². The van der Waals surface area contributed by atoms with Crippen molar-refractivity contribution in [2.24, 2.45) is 0 Å². The zero-order valence-corrected chi connectivity index (χ0v) is 15.5. The summed E-state index contributed by atoms with van der Waals surface area (Å²) in [7, 11) is 1.26. The Morgan fingerprint density at radius 3 is 2.64 bits per heavy atom. The predicted molar refractivity (Wildman–Crippen MR) is 107 cm³/mol. The normalized spacial score (nSPS) is 10.9. The van der Waals surface area contributed by atoms with Crippen LogP contribution in [0.4, 0.5) is 10.7 Å². The smallest absolute Gasteiger partial charge is 0.438 e. The molecule has 0 atom stereocenters. The molecule has 1 N–H and O–H groups in total. The lowest BCUT2D eigenvalue weighted by Gasteiger charge is -2.22. The third kappa shape index (κ3) is 4.97. The quantitative estimate of drug-likeness (QED) is 0.501. The molecule has 1 heterocycles. The molecule has 0 fully saturated rings. The summed E-state index contributed by atoms with van der Waals surface area (Å²) in [5.74, 6) is 0.478. The number of aromatic nitrogens is 2. The average Bonchev–Trinajstić information content (AvgIpc) is 2.73. The predicted octanol–water partition coefficient (Wildman–Crippen LogP) is 3.27. The molecule has 0 saturated carbocycles. The standard InChI is InChI=1S/C21H21N3O4/c1-27-21(26)28-14-8-7-13-24(15-16-9-3-2-4-10-16)20-22-18-12-6-5-11-17(18)19(25)23-20/h2-12H,13-15H2,1H3,(H,22,23,25)/b8-7+. The van der Waals surface area contributed by atoms with Gasteiger partial charge in [0.2, 0.25) is 5.95 Å². The molecule has 144 valence electrons. The lowest BCUT2D eigenvalue weighted by atomic mass is 10.2. The Bertz CT molecular complexity index is 1010. The number of methoxy groups -OCH3 is 1. The van der Waals surface area contributed by atoms with Crippen molar-refractivity contribution in [2.75, 3.05) is 25.2 Å². The van der Waals surface area contributed by atoms with Gasteiger partial charge in [-0.15, -0.1) is 0 Å². The summed E-state index contributed by atoms with van der Waals surface area (Å²) in [5.41, 5.74) is 1.53. The number of H-pyrrole nitrogens is 1. The Balaban J connectivity index is 1.82. The van der Waals surface area contributed by atoms with E-state index in [1.807, 2.05) is 59.5 Å². The molecule has 0 aliphatic carbocycles. The first-order valence-corrected chi connectivity index (χ1v) is 8.81. The summed E-state index contributed by atoms with van der Waals surface area (Å²) in [6, 6.07) is 17.1. The van der Waals surface area contributed by atoms with Crippen LogP contribution >= 0.6 is 0 Å². The minimum Gasteiger partial charge on any atom is -0.438 e. The van der Waals surface area contributed by atoms with Gasteiger partial charge in [-0.05, 0) is 23.8 Å². The number of nitrogens with one attached hydrogen (secondary N) is 1. The highest BCUT2D eigenvalue weighted by Gasteiger charge is 2.11. The number of rotatable bonds is 7. The van der Waals surface area contributed by atoms with E-state index >= 15 is 0 Å². The van der Waals surface area contributed by atoms with Gasteiger partial charge in [0.1, 0.15) is 6.61 Å². The van der Waals surface area contributed by atoms with Gasteiger partial charge in [-0.2, -0.15) is 0 Å². The first-order valence-electron chi connectivity index (χ1n) is 8.81. The summed E-state index contributed by atoms with van der Waals surface area (Å²) in [6.45, 7) is 1.14. The van der Waals surface area contributed by atoms with Crippen LogP contribution in [-0.2, 0) is 16.0 Å². The fraction of sp³-hybridized carbons (Fsp3) is 0.190. The summed E-state index contributed by atoms with van der Waals surface area (Å²) in [5, 5.41) is 0.549. The fourth-order valence-corrected chi connectivity index (χ4v) is 2.70. The van der Waals surface area contributed by atoms with Crippen molar-refractivity contribution in [1.29, 1.82) is 0 Å². The molecule has 1 aromatic heterocycles. The van der Waals surface area contributed by atoms with Gasteiger partial charge in [0.25, 0.3) is 5.56 Å². The molecule has 2 aromatic carbocycles. The van der Waals surface area contributed by atoms with Crippen LogP contribution in [0.1, 0.15) is 5.56 Å². The summed E-state index contributed by atoms with van der Waals surface area (Å²) in [6.07, 6.45) is 2.83. The molecule has 3 rings (SSSR count). The third-order valence-electron chi connectivity index (χ3n) is 4.07. The van der Waals surface area contributed by atoms with Crippen molar-refractivity contribution in [3.8, 4) is 0 Å². The lowest BCUT2D eigenvalue weighted by Crippen LogP contribution is -2.27. The van der Waals surface area contributed by atoms with E-state index < -0.39 is 6.16 Å². The van der Waals surface area contributed by atoms with Gasteiger partial charge in [0.05, 0.1) is 18.0 Å². The van der Waals surface area contributed by atoms with E-state index in [-0.39, 0.29) is 12.2 Å². The number of nitrogens with zero attached hydrogens (tertiary/aromatic N) is 2. The number of carbonyl (C=O) groups is 1. The molecule has 7 nitrogen and oxygen atoms in total. The molecule has 0 spiro atoms. The minimum absolute atomic E-state index is 0.105. The van der Waals surface area contributed by atoms with E-state index in [0.29, 0.717) is 29.9 Å². The van der Waals surface area contributed by atoms with E-state index in [1.54, 1.807) is 12.1 Å². The Morgan fingerprint density at radius 1 is 1.11 bits per heavy atom. The number of benzene rings is 2. The Labute approximate surface area is 162 Å². The maximum absolute atomic E-state index is 12.4. The number of para-hydroxylation sites is 1. The zero-order chi connectivity index (χ0) is 19.8. The summed E-state index contributed by atoms with van der Waals surface area (Å²) in [4.78, 5) is 32.8. The SMILES string of the molecule is COC(=O)OC/C=C/CN(Cc1ccccc1)c1nc2ccccc2c(=O)[nH]1. The van der Waals surface area contributed by atoms with Crippen molar-refractivity contribution in [3.05, 3.63) is 82.7 Å². The second-order valence-corrected chi connectivity index (χ2v) is 6.01. The number of hydrogen-bond acceptors (Lipinski definition) is 6. The maximum Gasteiger partial charge on any atom is 0.508 e. The monoisotopic (exact) mass is 379 g/mol. The first kappa shape index (κ1) is 19.2. The van der Waals surface area contributed by atoms with E-state index in [4.69, 9.17) is 4.74 Å². The van der Waals surface area contributed by atoms with Gasteiger partial charge in [-0.3, -0.25) is 9.78 Å². The highest BCUT2D eigenvalue weighted by Crippen LogP contribution is 2.14. The van der Waals surface area contributed by atoms with Crippen molar-refractivity contribution in [3.63, 3.8) is 0 Å². The van der Waals surface area contributed by atoms with Crippen LogP contribution in [-0.4, -0.2) is 36.4 Å². The van der Waals surface area contributed by atoms with E-state index in [1.165, 1.54) is 7.11 Å². The van der Waals surface area contributed by atoms with Crippen LogP contribution in [0.3, 0.4) is 0 Å². The topological polar surface area (TPSA) is 84.5 Å². The molecular formula is C21H21N3O4. The van der Waals surface area contributed by atoms with Crippen LogP contribution < -0.4 is 10.5 Å². The first-order chi connectivity index (χ1) is 13.7. The molecular weight excluding hydrogens is 358 g/mol. The highest BCUT2D eigenvalue weighted by atomic mass is 16.7. The number of ether oxygens (including phenoxy) is 2. The molecule has 3 aromatic rings. The van der Waals surface area contributed by atoms with E-state index in [9.17, 15) is 9.59 Å². The van der Waals surface area contributed by atoms with E-state index in [2.05, 4.69) is 14.7 Å². The van der Waals surface area contributed by atoms with Crippen molar-refractivity contribution < 1.29 is 14.3 Å². The molecule has 0 bridgehead atoms. The maximum atomic E-state index is 12.4. The van der Waals surface area contributed by atoms with Crippen molar-refractivity contribution >= 4 is 23.0 Å². The number of carbonyl (C=O) groups excluding carboxylic acids is 1. The fourth-order valence-electron chi connectivity index (χ4n) is 2.70. The second-order valence-electron chi connectivity index (χ2n) is 6.01. The van der Waals surface area contributed by atoms with Gasteiger partial charge in [-0.25, -0.2) is 9.78 Å². The number of aromatic amines is 1. The van der Waals surface area contributed by atoms with Crippen LogP contribution in [0.5, 0.6) is 0 Å². The molecule has 0 radical (unpaired) electrons. The van der Waals surface area contributed by atoms with Gasteiger partial charge >= 0.3 is 6.16 Å².